The summed E-state index contributed by atoms with van der Waals surface area (Å²) < 4.78 is 0. The summed E-state index contributed by atoms with van der Waals surface area (Å²) in [6.07, 6.45) is 4.06. The number of hydrogen-bond acceptors (Lipinski definition) is 2. The molecule has 112 valence electrons. The molecule has 2 heteroatoms. The fraction of sp³-hybridized carbons (Fsp3) is 0.941. The van der Waals surface area contributed by atoms with Crippen LogP contribution in [0.25, 0.3) is 0 Å². The number of carbonyl (C=O) groups excluding carboxylic acids is 1. The first kappa shape index (κ1) is 16.7. The van der Waals surface area contributed by atoms with Crippen molar-refractivity contribution in [2.24, 2.45) is 17.3 Å². The van der Waals surface area contributed by atoms with E-state index in [1.807, 2.05) is 0 Å². The Hall–Kier alpha value is -0.370. The molecule has 1 fully saturated rings. The Morgan fingerprint density at radius 3 is 2.26 bits per heavy atom. The zero-order valence-electron chi connectivity index (χ0n) is 14.0. The van der Waals surface area contributed by atoms with Crippen LogP contribution in [0.3, 0.4) is 0 Å². The zero-order valence-corrected chi connectivity index (χ0v) is 14.0. The molecule has 0 heterocycles. The fourth-order valence-electron chi connectivity index (χ4n) is 2.92. The molecule has 2 nitrogen and oxygen atoms in total. The van der Waals surface area contributed by atoms with Crippen LogP contribution < -0.4 is 0 Å². The molecule has 0 amide bonds. The maximum Gasteiger partial charge on any atom is 0.137 e. The standard InChI is InChI=1S/C17H33NO/c1-8-17(5,6)18(7)12-13-11-14(16(2,3)4)9-10-15(13)19/h13-14H,8-12H2,1-7H3. The van der Waals surface area contributed by atoms with Crippen LogP contribution in [0.2, 0.25) is 0 Å². The van der Waals surface area contributed by atoms with E-state index in [1.165, 1.54) is 0 Å². The highest BCUT2D eigenvalue weighted by Gasteiger charge is 2.36. The van der Waals surface area contributed by atoms with E-state index in [0.717, 1.165) is 32.2 Å². The first-order valence-electron chi connectivity index (χ1n) is 7.82. The number of carbonyl (C=O) groups is 1. The molecule has 0 N–H and O–H groups in total. The average molecular weight is 267 g/mol. The second-order valence-electron chi connectivity index (χ2n) is 8.05. The van der Waals surface area contributed by atoms with Crippen molar-refractivity contribution in [3.05, 3.63) is 0 Å². The Balaban J connectivity index is 2.68. The van der Waals surface area contributed by atoms with E-state index in [-0.39, 0.29) is 11.5 Å². The van der Waals surface area contributed by atoms with Crippen molar-refractivity contribution in [1.82, 2.24) is 4.90 Å². The molecule has 0 spiro atoms. The summed E-state index contributed by atoms with van der Waals surface area (Å²) in [6.45, 7) is 14.6. The molecule has 1 saturated carbocycles. The van der Waals surface area contributed by atoms with Gasteiger partial charge in [0.2, 0.25) is 0 Å². The maximum atomic E-state index is 12.2. The van der Waals surface area contributed by atoms with Crippen molar-refractivity contribution in [1.29, 1.82) is 0 Å². The Bertz CT molecular complexity index is 314. The summed E-state index contributed by atoms with van der Waals surface area (Å²) in [4.78, 5) is 14.6. The van der Waals surface area contributed by atoms with Gasteiger partial charge in [-0.15, -0.1) is 0 Å². The highest BCUT2D eigenvalue weighted by molar-refractivity contribution is 5.82. The Labute approximate surface area is 119 Å². The minimum absolute atomic E-state index is 0.189. The van der Waals surface area contributed by atoms with Crippen LogP contribution in [-0.2, 0) is 4.79 Å². The lowest BCUT2D eigenvalue weighted by molar-refractivity contribution is -0.127. The molecule has 1 aliphatic carbocycles. The van der Waals surface area contributed by atoms with Gasteiger partial charge in [0.15, 0.2) is 0 Å². The van der Waals surface area contributed by atoms with Crippen molar-refractivity contribution >= 4 is 5.78 Å². The maximum absolute atomic E-state index is 12.2. The topological polar surface area (TPSA) is 20.3 Å². The smallest absolute Gasteiger partial charge is 0.137 e. The molecular weight excluding hydrogens is 234 g/mol. The van der Waals surface area contributed by atoms with Crippen LogP contribution in [0.5, 0.6) is 0 Å². The van der Waals surface area contributed by atoms with Gasteiger partial charge >= 0.3 is 0 Å². The van der Waals surface area contributed by atoms with Crippen LogP contribution in [-0.4, -0.2) is 29.8 Å². The lowest BCUT2D eigenvalue weighted by atomic mass is 9.68. The monoisotopic (exact) mass is 267 g/mol. The molecule has 0 saturated heterocycles. The normalized spacial score (nSPS) is 26.0. The van der Waals surface area contributed by atoms with Gasteiger partial charge in [-0.2, -0.15) is 0 Å². The summed E-state index contributed by atoms with van der Waals surface area (Å²) in [5, 5.41) is 0. The van der Waals surface area contributed by atoms with Gasteiger partial charge in [-0.1, -0.05) is 27.7 Å². The van der Waals surface area contributed by atoms with Crippen LogP contribution in [0.1, 0.15) is 67.2 Å². The van der Waals surface area contributed by atoms with Crippen molar-refractivity contribution in [3.63, 3.8) is 0 Å². The van der Waals surface area contributed by atoms with Gasteiger partial charge in [-0.25, -0.2) is 0 Å². The fourth-order valence-corrected chi connectivity index (χ4v) is 2.92. The number of nitrogens with zero attached hydrogens (tertiary/aromatic N) is 1. The minimum atomic E-state index is 0.189. The van der Waals surface area contributed by atoms with Gasteiger partial charge < -0.3 is 4.90 Å². The average Bonchev–Trinajstić information content (AvgIpc) is 2.30. The first-order valence-corrected chi connectivity index (χ1v) is 7.82. The summed E-state index contributed by atoms with van der Waals surface area (Å²) in [6, 6.07) is 0. The SMILES string of the molecule is CCC(C)(C)N(C)CC1CC(C(C)(C)C)CCC1=O. The van der Waals surface area contributed by atoms with Gasteiger partial charge in [0.1, 0.15) is 5.78 Å². The third kappa shape index (κ3) is 4.30. The van der Waals surface area contributed by atoms with E-state index < -0.39 is 0 Å². The van der Waals surface area contributed by atoms with Crippen molar-refractivity contribution < 1.29 is 4.79 Å². The summed E-state index contributed by atoms with van der Waals surface area (Å²) >= 11 is 0. The lowest BCUT2D eigenvalue weighted by Gasteiger charge is -2.41. The van der Waals surface area contributed by atoms with Crippen molar-refractivity contribution in [3.8, 4) is 0 Å². The molecule has 1 rings (SSSR count). The van der Waals surface area contributed by atoms with Crippen LogP contribution >= 0.6 is 0 Å². The molecule has 0 aromatic heterocycles. The summed E-state index contributed by atoms with van der Waals surface area (Å²) in [7, 11) is 2.16. The molecule has 0 radical (unpaired) electrons. The molecular formula is C17H33NO. The van der Waals surface area contributed by atoms with E-state index >= 15 is 0 Å². The molecule has 0 aromatic rings. The summed E-state index contributed by atoms with van der Waals surface area (Å²) in [5.74, 6) is 1.42. The van der Waals surface area contributed by atoms with E-state index in [4.69, 9.17) is 0 Å². The number of hydrogen-bond donors (Lipinski definition) is 0. The van der Waals surface area contributed by atoms with E-state index in [2.05, 4.69) is 53.5 Å². The second-order valence-corrected chi connectivity index (χ2v) is 8.05. The largest absolute Gasteiger partial charge is 0.301 e. The molecule has 1 aliphatic rings. The lowest BCUT2D eigenvalue weighted by Crippen LogP contribution is -2.46. The van der Waals surface area contributed by atoms with Crippen LogP contribution in [0, 0.1) is 17.3 Å². The molecule has 0 aromatic carbocycles. The molecule has 0 aliphatic heterocycles. The number of rotatable bonds is 4. The summed E-state index contributed by atoms with van der Waals surface area (Å²) in [5.41, 5.74) is 0.521. The van der Waals surface area contributed by atoms with Gasteiger partial charge in [-0.05, 0) is 51.5 Å². The van der Waals surface area contributed by atoms with E-state index in [9.17, 15) is 4.79 Å². The van der Waals surface area contributed by atoms with Gasteiger partial charge in [0, 0.05) is 24.4 Å². The quantitative estimate of drug-likeness (QED) is 0.763. The highest BCUT2D eigenvalue weighted by atomic mass is 16.1. The second kappa shape index (κ2) is 5.95. The van der Waals surface area contributed by atoms with E-state index in [1.54, 1.807) is 0 Å². The predicted octanol–water partition coefficient (Wildman–Crippen LogP) is 4.14. The highest BCUT2D eigenvalue weighted by Crippen LogP contribution is 2.39. The van der Waals surface area contributed by atoms with Gasteiger partial charge in [0.05, 0.1) is 0 Å². The van der Waals surface area contributed by atoms with Crippen molar-refractivity contribution in [2.45, 2.75) is 72.8 Å². The molecule has 0 bridgehead atoms. The van der Waals surface area contributed by atoms with Gasteiger partial charge in [-0.3, -0.25) is 4.79 Å². The predicted molar refractivity (Wildman–Crippen MR) is 82.3 cm³/mol. The molecule has 19 heavy (non-hydrogen) atoms. The zero-order chi connectivity index (χ0) is 14.8. The number of ketones is 1. The van der Waals surface area contributed by atoms with Gasteiger partial charge in [0.25, 0.3) is 0 Å². The van der Waals surface area contributed by atoms with E-state index in [0.29, 0.717) is 17.1 Å². The third-order valence-electron chi connectivity index (χ3n) is 5.38. The van der Waals surface area contributed by atoms with Crippen LogP contribution in [0.15, 0.2) is 0 Å². The molecule has 2 unspecified atom stereocenters. The Morgan fingerprint density at radius 2 is 1.79 bits per heavy atom. The molecule has 2 atom stereocenters. The first-order chi connectivity index (χ1) is 8.58. The Kier molecular flexibility index (Phi) is 5.22. The third-order valence-corrected chi connectivity index (χ3v) is 5.38. The van der Waals surface area contributed by atoms with Crippen LogP contribution in [0.4, 0.5) is 0 Å². The number of Topliss-reactive ketones (excluding diaryl/α,β-unsaturated/α-hetero) is 1. The van der Waals surface area contributed by atoms with Crippen molar-refractivity contribution in [2.75, 3.05) is 13.6 Å². The minimum Gasteiger partial charge on any atom is -0.301 e. The Morgan fingerprint density at radius 1 is 1.21 bits per heavy atom.